The number of carbonyl (C=O) groups excluding carboxylic acids is 1. The van der Waals surface area contributed by atoms with E-state index in [-0.39, 0.29) is 5.78 Å². The van der Waals surface area contributed by atoms with Gasteiger partial charge < -0.3 is 4.74 Å². The summed E-state index contributed by atoms with van der Waals surface area (Å²) in [7, 11) is 0. The summed E-state index contributed by atoms with van der Waals surface area (Å²) in [6, 6.07) is 8.82. The molecule has 3 rings (SSSR count). The molecule has 1 aliphatic rings. The molecule has 0 amide bonds. The summed E-state index contributed by atoms with van der Waals surface area (Å²) in [5.41, 5.74) is 1.79. The Morgan fingerprint density at radius 1 is 0.950 bits per heavy atom. The van der Waals surface area contributed by atoms with Crippen LogP contribution in [0.1, 0.15) is 23.2 Å². The van der Waals surface area contributed by atoms with E-state index in [2.05, 4.69) is 0 Å². The second-order valence-electron chi connectivity index (χ2n) is 4.72. The zero-order chi connectivity index (χ0) is 14.1. The second kappa shape index (κ2) is 5.04. The molecule has 0 saturated heterocycles. The van der Waals surface area contributed by atoms with Crippen molar-refractivity contribution in [2.75, 3.05) is 6.61 Å². The molecule has 20 heavy (non-hydrogen) atoms. The molecule has 0 radical (unpaired) electrons. The van der Waals surface area contributed by atoms with Crippen LogP contribution in [0.5, 0.6) is 5.75 Å². The molecule has 1 aliphatic heterocycles. The molecule has 0 atom stereocenters. The third-order valence-electron chi connectivity index (χ3n) is 3.34. The Morgan fingerprint density at radius 2 is 1.70 bits per heavy atom. The average Bonchev–Trinajstić information content (AvgIpc) is 2.63. The second-order valence-corrected chi connectivity index (χ2v) is 4.72. The highest BCUT2D eigenvalue weighted by molar-refractivity contribution is 5.99. The first-order chi connectivity index (χ1) is 9.65. The van der Waals surface area contributed by atoms with Gasteiger partial charge in [0.1, 0.15) is 5.75 Å². The highest BCUT2D eigenvalue weighted by atomic mass is 19.2. The molecular formula is C16H12F2O2. The van der Waals surface area contributed by atoms with E-state index in [4.69, 9.17) is 4.74 Å². The number of Topliss-reactive ketones (excluding diaryl/α,β-unsaturated/α-hetero) is 1. The summed E-state index contributed by atoms with van der Waals surface area (Å²) in [6.45, 7) is 0.486. The SMILES string of the molecule is O=C1CCCOc2cc(-c3ccc(F)c(F)c3)ccc21. The number of fused-ring (bicyclic) bond motifs is 1. The van der Waals surface area contributed by atoms with Gasteiger partial charge in [0.2, 0.25) is 0 Å². The van der Waals surface area contributed by atoms with Crippen LogP contribution in [0, 0.1) is 11.6 Å². The molecule has 4 heteroatoms. The Balaban J connectivity index is 2.05. The highest BCUT2D eigenvalue weighted by Crippen LogP contribution is 2.30. The lowest BCUT2D eigenvalue weighted by atomic mass is 10.0. The molecule has 0 fully saturated rings. The van der Waals surface area contributed by atoms with Crippen LogP contribution >= 0.6 is 0 Å². The normalized spacial score (nSPS) is 14.4. The van der Waals surface area contributed by atoms with Gasteiger partial charge in [-0.15, -0.1) is 0 Å². The molecule has 0 N–H and O–H groups in total. The summed E-state index contributed by atoms with van der Waals surface area (Å²) in [5.74, 6) is -1.21. The summed E-state index contributed by atoms with van der Waals surface area (Å²) >= 11 is 0. The molecule has 1 heterocycles. The van der Waals surface area contributed by atoms with E-state index in [1.807, 2.05) is 0 Å². The largest absolute Gasteiger partial charge is 0.493 e. The molecule has 0 spiro atoms. The fourth-order valence-electron chi connectivity index (χ4n) is 2.28. The minimum Gasteiger partial charge on any atom is -0.493 e. The van der Waals surface area contributed by atoms with E-state index < -0.39 is 11.6 Å². The van der Waals surface area contributed by atoms with Crippen molar-refractivity contribution in [1.29, 1.82) is 0 Å². The first-order valence-electron chi connectivity index (χ1n) is 6.40. The van der Waals surface area contributed by atoms with E-state index in [1.54, 1.807) is 18.2 Å². The number of carbonyl (C=O) groups is 1. The van der Waals surface area contributed by atoms with Crippen LogP contribution in [0.25, 0.3) is 11.1 Å². The first kappa shape index (κ1) is 12.8. The first-order valence-corrected chi connectivity index (χ1v) is 6.40. The fraction of sp³-hybridized carbons (Fsp3) is 0.188. The number of hydrogen-bond acceptors (Lipinski definition) is 2. The van der Waals surface area contributed by atoms with Crippen LogP contribution in [-0.4, -0.2) is 12.4 Å². The molecule has 0 bridgehead atoms. The maximum atomic E-state index is 13.3. The fourth-order valence-corrected chi connectivity index (χ4v) is 2.28. The standard InChI is InChI=1S/C16H12F2O2/c17-13-6-4-10(8-14(13)18)11-3-5-12-15(19)2-1-7-20-16(12)9-11/h3-6,8-9H,1-2,7H2. The maximum Gasteiger partial charge on any atom is 0.166 e. The van der Waals surface area contributed by atoms with Gasteiger partial charge in [0.05, 0.1) is 12.2 Å². The van der Waals surface area contributed by atoms with Gasteiger partial charge in [-0.3, -0.25) is 4.79 Å². The summed E-state index contributed by atoms with van der Waals surface area (Å²) in [5, 5.41) is 0. The molecule has 2 aromatic carbocycles. The third-order valence-corrected chi connectivity index (χ3v) is 3.34. The quantitative estimate of drug-likeness (QED) is 0.786. The zero-order valence-electron chi connectivity index (χ0n) is 10.7. The van der Waals surface area contributed by atoms with Crippen molar-refractivity contribution in [3.63, 3.8) is 0 Å². The number of ether oxygens (including phenoxy) is 1. The van der Waals surface area contributed by atoms with Gasteiger partial charge in [-0.1, -0.05) is 12.1 Å². The van der Waals surface area contributed by atoms with Crippen LogP contribution in [0.3, 0.4) is 0 Å². The number of hydrogen-bond donors (Lipinski definition) is 0. The predicted molar refractivity (Wildman–Crippen MR) is 70.9 cm³/mol. The van der Waals surface area contributed by atoms with Gasteiger partial charge in [0.25, 0.3) is 0 Å². The predicted octanol–water partition coefficient (Wildman–Crippen LogP) is 3.99. The molecule has 2 nitrogen and oxygen atoms in total. The van der Waals surface area contributed by atoms with Crippen LogP contribution in [0.2, 0.25) is 0 Å². The Labute approximate surface area is 115 Å². The maximum absolute atomic E-state index is 13.3. The van der Waals surface area contributed by atoms with E-state index >= 15 is 0 Å². The van der Waals surface area contributed by atoms with E-state index in [0.717, 1.165) is 12.1 Å². The lowest BCUT2D eigenvalue weighted by molar-refractivity contribution is 0.0983. The average molecular weight is 274 g/mol. The van der Waals surface area contributed by atoms with Crippen molar-refractivity contribution in [2.24, 2.45) is 0 Å². The summed E-state index contributed by atoms with van der Waals surface area (Å²) < 4.78 is 31.8. The van der Waals surface area contributed by atoms with Crippen LogP contribution < -0.4 is 4.74 Å². The molecule has 102 valence electrons. The van der Waals surface area contributed by atoms with Crippen LogP contribution in [-0.2, 0) is 0 Å². The van der Waals surface area contributed by atoms with Crippen LogP contribution in [0.4, 0.5) is 8.78 Å². The van der Waals surface area contributed by atoms with Crippen molar-refractivity contribution in [3.05, 3.63) is 53.6 Å². The minimum absolute atomic E-state index is 0.0503. The minimum atomic E-state index is -0.894. The van der Waals surface area contributed by atoms with Crippen molar-refractivity contribution in [1.82, 2.24) is 0 Å². The lowest BCUT2D eigenvalue weighted by Crippen LogP contribution is -1.97. The van der Waals surface area contributed by atoms with Gasteiger partial charge in [-0.05, 0) is 41.8 Å². The topological polar surface area (TPSA) is 26.3 Å². The Bertz CT molecular complexity index is 680. The molecule has 0 saturated carbocycles. The van der Waals surface area contributed by atoms with Crippen molar-refractivity contribution < 1.29 is 18.3 Å². The summed E-state index contributed by atoms with van der Waals surface area (Å²) in [6.07, 6.45) is 1.16. The van der Waals surface area contributed by atoms with Gasteiger partial charge in [-0.25, -0.2) is 8.78 Å². The number of halogens is 2. The van der Waals surface area contributed by atoms with Gasteiger partial charge >= 0.3 is 0 Å². The molecule has 0 unspecified atom stereocenters. The Morgan fingerprint density at radius 3 is 2.50 bits per heavy atom. The Hall–Kier alpha value is -2.23. The molecule has 0 aromatic heterocycles. The highest BCUT2D eigenvalue weighted by Gasteiger charge is 2.17. The van der Waals surface area contributed by atoms with E-state index in [0.29, 0.717) is 41.9 Å². The molecule has 0 aliphatic carbocycles. The van der Waals surface area contributed by atoms with Gasteiger partial charge in [0.15, 0.2) is 17.4 Å². The molecular weight excluding hydrogens is 262 g/mol. The van der Waals surface area contributed by atoms with E-state index in [1.165, 1.54) is 6.07 Å². The molecule has 2 aromatic rings. The Kier molecular flexibility index (Phi) is 3.22. The number of benzene rings is 2. The van der Waals surface area contributed by atoms with Crippen molar-refractivity contribution in [3.8, 4) is 16.9 Å². The van der Waals surface area contributed by atoms with Crippen molar-refractivity contribution >= 4 is 5.78 Å². The number of rotatable bonds is 1. The lowest BCUT2D eigenvalue weighted by Gasteiger charge is -2.09. The zero-order valence-corrected chi connectivity index (χ0v) is 10.7. The summed E-state index contributed by atoms with van der Waals surface area (Å²) in [4.78, 5) is 11.9. The van der Waals surface area contributed by atoms with Gasteiger partial charge in [0, 0.05) is 6.42 Å². The van der Waals surface area contributed by atoms with Gasteiger partial charge in [-0.2, -0.15) is 0 Å². The van der Waals surface area contributed by atoms with E-state index in [9.17, 15) is 13.6 Å². The van der Waals surface area contributed by atoms with Crippen molar-refractivity contribution in [2.45, 2.75) is 12.8 Å². The monoisotopic (exact) mass is 274 g/mol. The number of ketones is 1. The van der Waals surface area contributed by atoms with Crippen LogP contribution in [0.15, 0.2) is 36.4 Å². The third kappa shape index (κ3) is 2.29. The smallest absolute Gasteiger partial charge is 0.166 e.